The summed E-state index contributed by atoms with van der Waals surface area (Å²) in [6.07, 6.45) is 0.0631. The number of hydrogen-bond donors (Lipinski definition) is 2. The molecule has 0 spiro atoms. The van der Waals surface area contributed by atoms with Crippen LogP contribution in [0.2, 0.25) is 0 Å². The highest BCUT2D eigenvalue weighted by Gasteiger charge is 2.17. The van der Waals surface area contributed by atoms with Crippen LogP contribution in [0.25, 0.3) is 0 Å². The van der Waals surface area contributed by atoms with Gasteiger partial charge >= 0.3 is 0 Å². The molecule has 0 radical (unpaired) electrons. The molecule has 8 heteroatoms. The normalized spacial score (nSPS) is 15.6. The van der Waals surface area contributed by atoms with Gasteiger partial charge in [0.2, 0.25) is 15.9 Å². The van der Waals surface area contributed by atoms with Crippen molar-refractivity contribution in [1.82, 2.24) is 14.5 Å². The molecule has 1 heterocycles. The molecule has 174 valence electrons. The molecule has 1 amide bonds. The maximum atomic E-state index is 12.5. The molecule has 1 aliphatic rings. The first-order valence-corrected chi connectivity index (χ1v) is 12.7. The third-order valence-electron chi connectivity index (χ3n) is 5.82. The largest absolute Gasteiger partial charge is 0.326 e. The zero-order valence-corrected chi connectivity index (χ0v) is 20.0. The molecule has 32 heavy (non-hydrogen) atoms. The highest BCUT2D eigenvalue weighted by molar-refractivity contribution is 7.89. The number of hydrogen-bond acceptors (Lipinski definition) is 5. The van der Waals surface area contributed by atoms with E-state index in [9.17, 15) is 13.2 Å². The number of likely N-dealkylation sites (N-methyl/N-ethyl adjacent to an activating group) is 1. The minimum Gasteiger partial charge on any atom is -0.326 e. The minimum absolute atomic E-state index is 0.0449. The van der Waals surface area contributed by atoms with E-state index in [4.69, 9.17) is 0 Å². The smallest absolute Gasteiger partial charge is 0.240 e. The van der Waals surface area contributed by atoms with Gasteiger partial charge in [-0.1, -0.05) is 36.8 Å². The van der Waals surface area contributed by atoms with Crippen molar-refractivity contribution < 1.29 is 13.2 Å². The summed E-state index contributed by atoms with van der Waals surface area (Å²) in [5.41, 5.74) is 3.63. The lowest BCUT2D eigenvalue weighted by Gasteiger charge is -2.34. The number of nitrogens with zero attached hydrogens (tertiary/aromatic N) is 2. The maximum Gasteiger partial charge on any atom is 0.240 e. The second-order valence-corrected chi connectivity index (χ2v) is 10.1. The molecule has 2 N–H and O–H groups in total. The summed E-state index contributed by atoms with van der Waals surface area (Å²) >= 11 is 0. The summed E-state index contributed by atoms with van der Waals surface area (Å²) in [4.78, 5) is 17.4. The SMILES string of the molecule is CCN1CCN(Cc2ccc(NC(=O)CCNS(=O)(=O)c3ccc(C)cc3C)cc2)CC1. The van der Waals surface area contributed by atoms with Crippen molar-refractivity contribution >= 4 is 21.6 Å². The summed E-state index contributed by atoms with van der Waals surface area (Å²) in [7, 11) is -3.64. The van der Waals surface area contributed by atoms with E-state index in [1.165, 1.54) is 5.56 Å². The fraction of sp³-hybridized carbons (Fsp3) is 0.458. The Kier molecular flexibility index (Phi) is 8.42. The van der Waals surface area contributed by atoms with Crippen LogP contribution in [0, 0.1) is 13.8 Å². The van der Waals surface area contributed by atoms with Gasteiger partial charge in [0.1, 0.15) is 0 Å². The Labute approximate surface area is 191 Å². The molecule has 0 unspecified atom stereocenters. The number of amides is 1. The standard InChI is InChI=1S/C24H34N4O3S/c1-4-27-13-15-28(16-14-27)18-21-6-8-22(9-7-21)26-24(29)11-12-25-32(30,31)23-10-5-19(2)17-20(23)3/h5-10,17,25H,4,11-16,18H2,1-3H3,(H,26,29). The van der Waals surface area contributed by atoms with Crippen LogP contribution < -0.4 is 10.0 Å². The summed E-state index contributed by atoms with van der Waals surface area (Å²) in [6.45, 7) is 12.3. The molecular formula is C24H34N4O3S. The van der Waals surface area contributed by atoms with E-state index in [-0.39, 0.29) is 23.8 Å². The molecule has 0 saturated carbocycles. The van der Waals surface area contributed by atoms with Crippen LogP contribution in [0.1, 0.15) is 30.0 Å². The van der Waals surface area contributed by atoms with Gasteiger partial charge in [-0.2, -0.15) is 0 Å². The lowest BCUT2D eigenvalue weighted by Crippen LogP contribution is -2.45. The number of aryl methyl sites for hydroxylation is 2. The van der Waals surface area contributed by atoms with Gasteiger partial charge in [-0.25, -0.2) is 13.1 Å². The van der Waals surface area contributed by atoms with E-state index in [1.807, 2.05) is 37.3 Å². The zero-order chi connectivity index (χ0) is 23.1. The molecule has 3 rings (SSSR count). The Morgan fingerprint density at radius 1 is 0.969 bits per heavy atom. The molecule has 2 aromatic rings. The number of anilines is 1. The topological polar surface area (TPSA) is 81.8 Å². The fourth-order valence-electron chi connectivity index (χ4n) is 3.92. The van der Waals surface area contributed by atoms with E-state index in [2.05, 4.69) is 26.8 Å². The van der Waals surface area contributed by atoms with Crippen molar-refractivity contribution in [3.63, 3.8) is 0 Å². The van der Waals surface area contributed by atoms with Gasteiger partial charge in [0, 0.05) is 51.4 Å². The van der Waals surface area contributed by atoms with E-state index in [0.29, 0.717) is 11.3 Å². The summed E-state index contributed by atoms with van der Waals surface area (Å²) < 4.78 is 27.5. The predicted octanol–water partition coefficient (Wildman–Crippen LogP) is 2.75. The number of carbonyl (C=O) groups excluding carboxylic acids is 1. The molecule has 0 aliphatic carbocycles. The molecule has 7 nitrogen and oxygen atoms in total. The first-order chi connectivity index (χ1) is 15.3. The van der Waals surface area contributed by atoms with Gasteiger partial charge in [0.25, 0.3) is 0 Å². The molecule has 0 atom stereocenters. The van der Waals surface area contributed by atoms with Crippen LogP contribution in [0.5, 0.6) is 0 Å². The Morgan fingerprint density at radius 2 is 1.62 bits per heavy atom. The van der Waals surface area contributed by atoms with Crippen molar-refractivity contribution in [3.8, 4) is 0 Å². The number of carbonyl (C=O) groups is 1. The van der Waals surface area contributed by atoms with Gasteiger partial charge in [-0.05, 0) is 49.7 Å². The average molecular weight is 459 g/mol. The van der Waals surface area contributed by atoms with Crippen molar-refractivity contribution in [2.24, 2.45) is 0 Å². The summed E-state index contributed by atoms with van der Waals surface area (Å²) in [6, 6.07) is 13.1. The van der Waals surface area contributed by atoms with Gasteiger partial charge < -0.3 is 10.2 Å². The molecule has 2 aromatic carbocycles. The van der Waals surface area contributed by atoms with Gasteiger partial charge in [0.15, 0.2) is 0 Å². The van der Waals surface area contributed by atoms with Crippen LogP contribution in [-0.2, 0) is 21.4 Å². The number of sulfonamides is 1. The predicted molar refractivity (Wildman–Crippen MR) is 128 cm³/mol. The van der Waals surface area contributed by atoms with Crippen molar-refractivity contribution in [2.45, 2.75) is 38.6 Å². The Hall–Kier alpha value is -2.26. The second-order valence-electron chi connectivity index (χ2n) is 8.37. The quantitative estimate of drug-likeness (QED) is 0.604. The number of nitrogens with one attached hydrogen (secondary N) is 2. The van der Waals surface area contributed by atoms with Crippen LogP contribution in [0.4, 0.5) is 5.69 Å². The first-order valence-electron chi connectivity index (χ1n) is 11.2. The van der Waals surface area contributed by atoms with Crippen molar-refractivity contribution in [1.29, 1.82) is 0 Å². The van der Waals surface area contributed by atoms with Gasteiger partial charge in [-0.3, -0.25) is 9.69 Å². The van der Waals surface area contributed by atoms with E-state index < -0.39 is 10.0 Å². The van der Waals surface area contributed by atoms with Crippen LogP contribution >= 0.6 is 0 Å². The number of rotatable bonds is 9. The molecule has 0 bridgehead atoms. The average Bonchev–Trinajstić information content (AvgIpc) is 2.75. The van der Waals surface area contributed by atoms with Gasteiger partial charge in [0.05, 0.1) is 4.90 Å². The number of piperazine rings is 1. The molecule has 1 fully saturated rings. The monoisotopic (exact) mass is 458 g/mol. The van der Waals surface area contributed by atoms with E-state index >= 15 is 0 Å². The molecule has 1 saturated heterocycles. The lowest BCUT2D eigenvalue weighted by molar-refractivity contribution is -0.116. The van der Waals surface area contributed by atoms with Crippen LogP contribution in [0.3, 0.4) is 0 Å². The van der Waals surface area contributed by atoms with Crippen LogP contribution in [-0.4, -0.2) is 63.4 Å². The lowest BCUT2D eigenvalue weighted by atomic mass is 10.1. The van der Waals surface area contributed by atoms with Crippen molar-refractivity contribution in [3.05, 3.63) is 59.2 Å². The molecule has 0 aromatic heterocycles. The summed E-state index contributed by atoms with van der Waals surface area (Å²) in [5, 5.41) is 2.84. The minimum atomic E-state index is -3.64. The molecule has 1 aliphatic heterocycles. The van der Waals surface area contributed by atoms with Crippen LogP contribution in [0.15, 0.2) is 47.4 Å². The highest BCUT2D eigenvalue weighted by atomic mass is 32.2. The maximum absolute atomic E-state index is 12.5. The third-order valence-corrected chi connectivity index (χ3v) is 7.44. The first kappa shape index (κ1) is 24.4. The highest BCUT2D eigenvalue weighted by Crippen LogP contribution is 2.16. The van der Waals surface area contributed by atoms with E-state index in [0.717, 1.165) is 44.8 Å². The Morgan fingerprint density at radius 3 is 2.25 bits per heavy atom. The fourth-order valence-corrected chi connectivity index (χ4v) is 5.17. The second kappa shape index (κ2) is 11.0. The third kappa shape index (κ3) is 6.87. The Bertz CT molecular complexity index is 1010. The molecular weight excluding hydrogens is 424 g/mol. The Balaban J connectivity index is 1.44. The zero-order valence-electron chi connectivity index (χ0n) is 19.2. The number of benzene rings is 2. The van der Waals surface area contributed by atoms with Gasteiger partial charge in [-0.15, -0.1) is 0 Å². The van der Waals surface area contributed by atoms with Crippen molar-refractivity contribution in [2.75, 3.05) is 44.6 Å². The van der Waals surface area contributed by atoms with E-state index in [1.54, 1.807) is 19.1 Å². The summed E-state index contributed by atoms with van der Waals surface area (Å²) in [5.74, 6) is -0.225.